The van der Waals surface area contributed by atoms with Gasteiger partial charge in [0, 0.05) is 49.2 Å². The summed E-state index contributed by atoms with van der Waals surface area (Å²) in [5.41, 5.74) is 2.60. The van der Waals surface area contributed by atoms with E-state index >= 15 is 0 Å². The normalized spacial score (nSPS) is 18.5. The molecule has 0 N–H and O–H groups in total. The quantitative estimate of drug-likeness (QED) is 0.515. The van der Waals surface area contributed by atoms with Gasteiger partial charge in [0.15, 0.2) is 0 Å². The molecule has 2 aromatic carbocycles. The summed E-state index contributed by atoms with van der Waals surface area (Å²) in [5, 5.41) is 1.25. The lowest BCUT2D eigenvalue weighted by atomic mass is 9.83. The van der Waals surface area contributed by atoms with E-state index in [4.69, 9.17) is 27.9 Å². The van der Waals surface area contributed by atoms with Crippen molar-refractivity contribution >= 4 is 46.7 Å². The van der Waals surface area contributed by atoms with E-state index in [-0.39, 0.29) is 31.4 Å². The molecule has 2 aliphatic rings. The first-order valence-electron chi connectivity index (χ1n) is 12.0. The third-order valence-electron chi connectivity index (χ3n) is 6.71. The van der Waals surface area contributed by atoms with Gasteiger partial charge in [-0.2, -0.15) is 0 Å². The van der Waals surface area contributed by atoms with Crippen LogP contribution in [0, 0.1) is 0 Å². The maximum absolute atomic E-state index is 13.2. The molecule has 0 radical (unpaired) electrons. The van der Waals surface area contributed by atoms with E-state index in [9.17, 15) is 14.4 Å². The van der Waals surface area contributed by atoms with Crippen molar-refractivity contribution in [2.24, 2.45) is 0 Å². The summed E-state index contributed by atoms with van der Waals surface area (Å²) in [7, 11) is 0. The van der Waals surface area contributed by atoms with Crippen LogP contribution in [0.1, 0.15) is 31.7 Å². The molecular weight excluding hydrogens is 501 g/mol. The van der Waals surface area contributed by atoms with Gasteiger partial charge in [0.2, 0.25) is 11.8 Å². The van der Waals surface area contributed by atoms with Gasteiger partial charge in [0.05, 0.1) is 22.9 Å². The summed E-state index contributed by atoms with van der Waals surface area (Å²) in [6.45, 7) is 5.87. The Balaban J connectivity index is 1.50. The van der Waals surface area contributed by atoms with Crippen molar-refractivity contribution in [3.63, 3.8) is 0 Å². The lowest BCUT2D eigenvalue weighted by molar-refractivity contribution is -0.142. The van der Waals surface area contributed by atoms with Crippen molar-refractivity contribution in [2.45, 2.75) is 26.2 Å². The van der Waals surface area contributed by atoms with Crippen molar-refractivity contribution in [1.29, 1.82) is 0 Å². The summed E-state index contributed by atoms with van der Waals surface area (Å²) < 4.78 is 5.32. The summed E-state index contributed by atoms with van der Waals surface area (Å²) >= 11 is 12.4. The van der Waals surface area contributed by atoms with Crippen LogP contribution < -0.4 is 4.90 Å². The second-order valence-corrected chi connectivity index (χ2v) is 9.67. The molecule has 1 atom stereocenters. The Hall–Kier alpha value is -3.03. The molecule has 9 heteroatoms. The van der Waals surface area contributed by atoms with E-state index in [1.54, 1.807) is 30.9 Å². The maximum Gasteiger partial charge on any atom is 0.336 e. The first-order valence-corrected chi connectivity index (χ1v) is 12.8. The van der Waals surface area contributed by atoms with Gasteiger partial charge >= 0.3 is 5.97 Å². The molecule has 0 aromatic heterocycles. The number of anilines is 1. The second kappa shape index (κ2) is 11.4. The van der Waals surface area contributed by atoms with Gasteiger partial charge in [-0.1, -0.05) is 47.5 Å². The fourth-order valence-electron chi connectivity index (χ4n) is 4.80. The van der Waals surface area contributed by atoms with E-state index < -0.39 is 11.9 Å². The molecule has 0 aliphatic carbocycles. The van der Waals surface area contributed by atoms with Gasteiger partial charge in [-0.25, -0.2) is 4.79 Å². The second-order valence-electron chi connectivity index (χ2n) is 8.83. The van der Waals surface area contributed by atoms with E-state index in [1.165, 1.54) is 4.90 Å². The number of nitrogens with zero attached hydrogens (tertiary/aromatic N) is 3. The molecule has 1 saturated heterocycles. The number of amides is 2. The van der Waals surface area contributed by atoms with E-state index in [1.807, 2.05) is 36.4 Å². The number of halogens is 2. The van der Waals surface area contributed by atoms with Gasteiger partial charge in [0.1, 0.15) is 6.54 Å². The highest BCUT2D eigenvalue weighted by atomic mass is 35.5. The van der Waals surface area contributed by atoms with Crippen LogP contribution in [0.4, 0.5) is 5.69 Å². The number of esters is 1. The molecule has 1 fully saturated rings. The van der Waals surface area contributed by atoms with Crippen LogP contribution in [0.2, 0.25) is 10.0 Å². The molecule has 0 saturated carbocycles. The minimum atomic E-state index is -0.478. The Morgan fingerprint density at radius 3 is 2.31 bits per heavy atom. The Morgan fingerprint density at radius 2 is 1.67 bits per heavy atom. The van der Waals surface area contributed by atoms with Crippen molar-refractivity contribution in [3.8, 4) is 0 Å². The number of rotatable bonds is 6. The number of carbonyl (C=O) groups is 3. The third kappa shape index (κ3) is 5.52. The minimum absolute atomic E-state index is 0.0701. The molecule has 7 nitrogen and oxygen atoms in total. The molecule has 36 heavy (non-hydrogen) atoms. The number of para-hydroxylation sites is 1. The molecule has 2 amide bonds. The largest absolute Gasteiger partial charge is 0.463 e. The van der Waals surface area contributed by atoms with Crippen LogP contribution >= 0.6 is 23.2 Å². The highest BCUT2D eigenvalue weighted by Crippen LogP contribution is 2.37. The van der Waals surface area contributed by atoms with Gasteiger partial charge in [-0.3, -0.25) is 9.59 Å². The number of benzene rings is 2. The standard InChI is InChI=1S/C27H29Cl2N3O4/c1-3-36-27(35)26-18(2)32(24(33)16-21(26)19-8-10-20(28)11-9-19)17-25(34)31-14-12-30(13-15-31)23-7-5-4-6-22(23)29/h4-11,21H,3,12-17H2,1-2H3. The van der Waals surface area contributed by atoms with Crippen molar-refractivity contribution < 1.29 is 19.1 Å². The number of allylic oxidation sites excluding steroid dienone is 1. The van der Waals surface area contributed by atoms with Gasteiger partial charge in [0.25, 0.3) is 0 Å². The molecule has 1 unspecified atom stereocenters. The van der Waals surface area contributed by atoms with Gasteiger partial charge < -0.3 is 19.4 Å². The van der Waals surface area contributed by atoms with Crippen LogP contribution in [0.25, 0.3) is 0 Å². The van der Waals surface area contributed by atoms with Crippen LogP contribution in [0.15, 0.2) is 59.8 Å². The number of hydrogen-bond acceptors (Lipinski definition) is 5. The fourth-order valence-corrected chi connectivity index (χ4v) is 5.18. The van der Waals surface area contributed by atoms with Crippen LogP contribution in [0.5, 0.6) is 0 Å². The zero-order valence-electron chi connectivity index (χ0n) is 20.4. The van der Waals surface area contributed by atoms with E-state index in [0.717, 1.165) is 11.3 Å². The maximum atomic E-state index is 13.2. The smallest absolute Gasteiger partial charge is 0.336 e. The van der Waals surface area contributed by atoms with E-state index in [2.05, 4.69) is 4.90 Å². The Bertz CT molecular complexity index is 1170. The molecule has 190 valence electrons. The van der Waals surface area contributed by atoms with E-state index in [0.29, 0.717) is 47.5 Å². The lowest BCUT2D eigenvalue weighted by Gasteiger charge is -2.38. The summed E-state index contributed by atoms with van der Waals surface area (Å²) in [6, 6.07) is 14.7. The average Bonchev–Trinajstić information content (AvgIpc) is 2.87. The molecule has 4 rings (SSSR count). The van der Waals surface area contributed by atoms with Crippen LogP contribution in [-0.2, 0) is 19.1 Å². The third-order valence-corrected chi connectivity index (χ3v) is 7.28. The van der Waals surface area contributed by atoms with Crippen LogP contribution in [0.3, 0.4) is 0 Å². The van der Waals surface area contributed by atoms with Gasteiger partial charge in [-0.15, -0.1) is 0 Å². The molecule has 2 aromatic rings. The topological polar surface area (TPSA) is 70.2 Å². The molecule has 0 bridgehead atoms. The highest BCUT2D eigenvalue weighted by Gasteiger charge is 2.38. The monoisotopic (exact) mass is 529 g/mol. The summed E-state index contributed by atoms with van der Waals surface area (Å²) in [6.07, 6.45) is 0.0701. The summed E-state index contributed by atoms with van der Waals surface area (Å²) in [4.78, 5) is 44.7. The molecular formula is C27H29Cl2N3O4. The number of carbonyl (C=O) groups excluding carboxylic acids is 3. The number of piperazine rings is 1. The van der Waals surface area contributed by atoms with Crippen molar-refractivity contribution in [3.05, 3.63) is 75.4 Å². The first kappa shape index (κ1) is 26.0. The van der Waals surface area contributed by atoms with Crippen LogP contribution in [-0.4, -0.2) is 66.9 Å². The number of ether oxygens (including phenoxy) is 1. The molecule has 2 aliphatic heterocycles. The lowest BCUT2D eigenvalue weighted by Crippen LogP contribution is -2.52. The predicted molar refractivity (Wildman–Crippen MR) is 140 cm³/mol. The zero-order chi connectivity index (χ0) is 25.8. The fraction of sp³-hybridized carbons (Fsp3) is 0.370. The Morgan fingerprint density at radius 1 is 1.00 bits per heavy atom. The zero-order valence-corrected chi connectivity index (χ0v) is 21.9. The molecule has 0 spiro atoms. The highest BCUT2D eigenvalue weighted by molar-refractivity contribution is 6.33. The number of hydrogen-bond donors (Lipinski definition) is 0. The summed E-state index contributed by atoms with van der Waals surface area (Å²) in [5.74, 6) is -1.30. The predicted octanol–water partition coefficient (Wildman–Crippen LogP) is 4.50. The average molecular weight is 530 g/mol. The van der Waals surface area contributed by atoms with Gasteiger partial charge in [-0.05, 0) is 43.7 Å². The first-order chi connectivity index (χ1) is 17.3. The van der Waals surface area contributed by atoms with Crippen molar-refractivity contribution in [2.75, 3.05) is 44.2 Å². The van der Waals surface area contributed by atoms with Crippen molar-refractivity contribution in [1.82, 2.24) is 9.80 Å². The molecule has 2 heterocycles. The Kier molecular flexibility index (Phi) is 8.21. The minimum Gasteiger partial charge on any atom is -0.463 e. The SMILES string of the molecule is CCOC(=O)C1=C(C)N(CC(=O)N2CCN(c3ccccc3Cl)CC2)C(=O)CC1c1ccc(Cl)cc1. The Labute approximate surface area is 221 Å².